The van der Waals surface area contributed by atoms with Crippen LogP contribution in [-0.4, -0.2) is 29.1 Å². The van der Waals surface area contributed by atoms with E-state index in [1.54, 1.807) is 14.2 Å². The Morgan fingerprint density at radius 2 is 1.53 bits per heavy atom. The highest BCUT2D eigenvalue weighted by Gasteiger charge is 2.41. The van der Waals surface area contributed by atoms with E-state index in [2.05, 4.69) is 82.4 Å². The predicted molar refractivity (Wildman–Crippen MR) is 153 cm³/mol. The van der Waals surface area contributed by atoms with Crippen LogP contribution in [0.25, 0.3) is 0 Å². The number of hydrogen-bond acceptors (Lipinski definition) is 5. The van der Waals surface area contributed by atoms with Crippen LogP contribution in [0, 0.1) is 0 Å². The lowest BCUT2D eigenvalue weighted by atomic mass is 9.89. The summed E-state index contributed by atoms with van der Waals surface area (Å²) >= 11 is 1.96. The van der Waals surface area contributed by atoms with Crippen molar-refractivity contribution in [2.24, 2.45) is 0 Å². The van der Waals surface area contributed by atoms with Crippen LogP contribution >= 0.6 is 11.8 Å². The van der Waals surface area contributed by atoms with Crippen LogP contribution in [0.2, 0.25) is 18.1 Å². The van der Waals surface area contributed by atoms with Gasteiger partial charge in [0.1, 0.15) is 23.0 Å². The second-order valence-electron chi connectivity index (χ2n) is 10.8. The number of hydrogen-bond donors (Lipinski definition) is 0. The zero-order chi connectivity index (χ0) is 25.9. The maximum atomic E-state index is 6.90. The van der Waals surface area contributed by atoms with E-state index in [4.69, 9.17) is 18.6 Å². The quantitative estimate of drug-likeness (QED) is 0.278. The Kier molecular flexibility index (Phi) is 7.96. The first kappa shape index (κ1) is 26.5. The van der Waals surface area contributed by atoms with E-state index < -0.39 is 8.32 Å². The molecule has 4 nitrogen and oxygen atoms in total. The molecule has 0 amide bonds. The lowest BCUT2D eigenvalue weighted by molar-refractivity contribution is 0.256. The van der Waals surface area contributed by atoms with Gasteiger partial charge in [-0.05, 0) is 35.8 Å². The fourth-order valence-corrected chi connectivity index (χ4v) is 6.60. The molecular weight excluding hydrogens is 484 g/mol. The highest BCUT2D eigenvalue weighted by molar-refractivity contribution is 7.98. The summed E-state index contributed by atoms with van der Waals surface area (Å²) in [6.07, 6.45) is 0. The Hall–Kier alpha value is -2.57. The maximum absolute atomic E-state index is 6.90. The van der Waals surface area contributed by atoms with Crippen LogP contribution in [-0.2, 0) is 5.75 Å². The van der Waals surface area contributed by atoms with Crippen molar-refractivity contribution in [2.45, 2.75) is 55.8 Å². The number of benzene rings is 3. The van der Waals surface area contributed by atoms with E-state index in [0.29, 0.717) is 6.61 Å². The molecule has 0 bridgehead atoms. The molecule has 3 aromatic rings. The standard InChI is InChI=1S/C30H38O4SSi/c1-30(2,3)36(6,7)34-28-18-23(32-5)13-15-24(28)26-19-33-27-17-22(31-4)14-16-25(27)29(26)35-20-21-11-9-8-10-12-21/h8-18,26,29H,19-20H2,1-7H3/t26-,29+/m0/s1. The Labute approximate surface area is 221 Å². The van der Waals surface area contributed by atoms with Crippen molar-refractivity contribution in [3.05, 3.63) is 83.4 Å². The molecule has 192 valence electrons. The molecular formula is C30H38O4SSi. The monoisotopic (exact) mass is 522 g/mol. The summed E-state index contributed by atoms with van der Waals surface area (Å²) in [5.41, 5.74) is 3.69. The largest absolute Gasteiger partial charge is 0.543 e. The van der Waals surface area contributed by atoms with Crippen LogP contribution in [0.3, 0.4) is 0 Å². The fraction of sp³-hybridized carbons (Fsp3) is 0.400. The Bertz CT molecular complexity index is 1170. The summed E-state index contributed by atoms with van der Waals surface area (Å²) in [5, 5.41) is 0.288. The van der Waals surface area contributed by atoms with Gasteiger partial charge in [0.2, 0.25) is 8.32 Å². The van der Waals surface area contributed by atoms with Gasteiger partial charge in [-0.15, -0.1) is 11.8 Å². The molecule has 6 heteroatoms. The molecule has 0 saturated heterocycles. The third kappa shape index (κ3) is 5.70. The van der Waals surface area contributed by atoms with Gasteiger partial charge in [0.05, 0.1) is 20.8 Å². The van der Waals surface area contributed by atoms with Gasteiger partial charge in [0.25, 0.3) is 0 Å². The van der Waals surface area contributed by atoms with Gasteiger partial charge in [0, 0.05) is 40.2 Å². The summed E-state index contributed by atoms with van der Waals surface area (Å²) in [4.78, 5) is 0. The van der Waals surface area contributed by atoms with Crippen molar-refractivity contribution >= 4 is 20.1 Å². The molecule has 1 heterocycles. The Morgan fingerprint density at radius 3 is 2.17 bits per heavy atom. The number of rotatable bonds is 8. The van der Waals surface area contributed by atoms with Crippen molar-refractivity contribution in [2.75, 3.05) is 20.8 Å². The van der Waals surface area contributed by atoms with Crippen molar-refractivity contribution in [1.82, 2.24) is 0 Å². The van der Waals surface area contributed by atoms with Crippen molar-refractivity contribution in [3.63, 3.8) is 0 Å². The van der Waals surface area contributed by atoms with Gasteiger partial charge < -0.3 is 18.6 Å². The number of methoxy groups -OCH3 is 2. The van der Waals surface area contributed by atoms with Gasteiger partial charge in [-0.25, -0.2) is 0 Å². The molecule has 0 radical (unpaired) electrons. The highest BCUT2D eigenvalue weighted by atomic mass is 32.2. The minimum Gasteiger partial charge on any atom is -0.543 e. The van der Waals surface area contributed by atoms with Gasteiger partial charge in [-0.1, -0.05) is 63.2 Å². The molecule has 4 rings (SSSR count). The second kappa shape index (κ2) is 10.8. The zero-order valence-corrected chi connectivity index (χ0v) is 24.3. The normalized spacial score (nSPS) is 17.6. The average molecular weight is 523 g/mol. The SMILES string of the molecule is COc1ccc2c(c1)OC[C@@H](c1ccc(OC)cc1O[Si](C)(C)C(C)(C)C)[C@@H]2SCc1ccccc1. The van der Waals surface area contributed by atoms with Crippen molar-refractivity contribution in [1.29, 1.82) is 0 Å². The molecule has 0 spiro atoms. The first-order valence-corrected chi connectivity index (χ1v) is 16.4. The van der Waals surface area contributed by atoms with Crippen LogP contribution in [0.1, 0.15) is 48.6 Å². The lowest BCUT2D eigenvalue weighted by Crippen LogP contribution is -2.44. The minimum atomic E-state index is -2.07. The van der Waals surface area contributed by atoms with Crippen LogP contribution in [0.15, 0.2) is 66.7 Å². The predicted octanol–water partition coefficient (Wildman–Crippen LogP) is 8.24. The zero-order valence-electron chi connectivity index (χ0n) is 22.5. The molecule has 0 aromatic heterocycles. The van der Waals surface area contributed by atoms with Gasteiger partial charge in [0.15, 0.2) is 0 Å². The summed E-state index contributed by atoms with van der Waals surface area (Å²) in [7, 11) is 1.32. The van der Waals surface area contributed by atoms with Crippen molar-refractivity contribution in [3.8, 4) is 23.0 Å². The third-order valence-corrected chi connectivity index (χ3v) is 13.2. The van der Waals surface area contributed by atoms with E-state index in [-0.39, 0.29) is 16.2 Å². The third-order valence-electron chi connectivity index (χ3n) is 7.37. The van der Waals surface area contributed by atoms with Gasteiger partial charge in [-0.2, -0.15) is 0 Å². The van der Waals surface area contributed by atoms with Gasteiger partial charge >= 0.3 is 0 Å². The number of ether oxygens (including phenoxy) is 3. The van der Waals surface area contributed by atoms with Crippen molar-refractivity contribution < 1.29 is 18.6 Å². The number of fused-ring (bicyclic) bond motifs is 1. The summed E-state index contributed by atoms with van der Waals surface area (Å²) in [5.74, 6) is 4.48. The van der Waals surface area contributed by atoms with Crippen LogP contribution in [0.4, 0.5) is 0 Å². The van der Waals surface area contributed by atoms with Crippen LogP contribution < -0.4 is 18.6 Å². The van der Waals surface area contributed by atoms with Crippen LogP contribution in [0.5, 0.6) is 23.0 Å². The van der Waals surface area contributed by atoms with E-state index in [9.17, 15) is 0 Å². The molecule has 3 aromatic carbocycles. The summed E-state index contributed by atoms with van der Waals surface area (Å²) < 4.78 is 24.3. The topological polar surface area (TPSA) is 36.9 Å². The molecule has 0 saturated carbocycles. The molecule has 0 aliphatic carbocycles. The first-order chi connectivity index (χ1) is 17.1. The molecule has 1 aliphatic rings. The Balaban J connectivity index is 1.75. The average Bonchev–Trinajstić information content (AvgIpc) is 2.86. The highest BCUT2D eigenvalue weighted by Crippen LogP contribution is 2.52. The van der Waals surface area contributed by atoms with E-state index in [0.717, 1.165) is 28.8 Å². The molecule has 0 unspecified atom stereocenters. The smallest absolute Gasteiger partial charge is 0.250 e. The molecule has 1 aliphatic heterocycles. The number of thioether (sulfide) groups is 1. The summed E-state index contributed by atoms with van der Waals surface area (Å²) in [6, 6.07) is 23.1. The first-order valence-electron chi connectivity index (χ1n) is 12.5. The van der Waals surface area contributed by atoms with Gasteiger partial charge in [-0.3, -0.25) is 0 Å². The minimum absolute atomic E-state index is 0.0844. The van der Waals surface area contributed by atoms with E-state index >= 15 is 0 Å². The molecule has 0 fully saturated rings. The molecule has 36 heavy (non-hydrogen) atoms. The lowest BCUT2D eigenvalue weighted by Gasteiger charge is -2.39. The fourth-order valence-electron chi connectivity index (χ4n) is 4.17. The summed E-state index contributed by atoms with van der Waals surface area (Å²) in [6.45, 7) is 12.0. The molecule has 2 atom stereocenters. The second-order valence-corrected chi connectivity index (χ2v) is 16.7. The van der Waals surface area contributed by atoms with E-state index in [1.807, 2.05) is 30.0 Å². The van der Waals surface area contributed by atoms with E-state index in [1.165, 1.54) is 16.7 Å². The Morgan fingerprint density at radius 1 is 0.889 bits per heavy atom. The molecule has 0 N–H and O–H groups in total. The maximum Gasteiger partial charge on any atom is 0.250 e.